The molecule has 2 fully saturated rings. The maximum Gasteiger partial charge on any atom is 0.273 e. The first-order chi connectivity index (χ1) is 10.3. The number of aromatic nitrogens is 1. The molecule has 2 atom stereocenters. The first-order valence-corrected chi connectivity index (χ1v) is 8.51. The molecule has 1 aromatic carbocycles. The molecule has 22 heavy (non-hydrogen) atoms. The maximum absolute atomic E-state index is 6.17. The van der Waals surface area contributed by atoms with Crippen molar-refractivity contribution >= 4 is 23.7 Å². The Morgan fingerprint density at radius 2 is 1.82 bits per heavy atom. The Kier molecular flexibility index (Phi) is 4.71. The van der Waals surface area contributed by atoms with Crippen molar-refractivity contribution in [2.75, 3.05) is 7.05 Å². The van der Waals surface area contributed by atoms with Crippen LogP contribution in [0.3, 0.4) is 0 Å². The molecule has 0 radical (unpaired) electrons. The minimum absolute atomic E-state index is 0. The van der Waals surface area contributed by atoms with Crippen molar-refractivity contribution in [1.29, 1.82) is 0 Å². The van der Waals surface area contributed by atoms with Gasteiger partial charge in [0.25, 0.3) is 5.19 Å². The number of rotatable bonds is 3. The van der Waals surface area contributed by atoms with Gasteiger partial charge in [-0.3, -0.25) is 0 Å². The van der Waals surface area contributed by atoms with E-state index in [-0.39, 0.29) is 12.4 Å². The van der Waals surface area contributed by atoms with Crippen molar-refractivity contribution in [2.45, 2.75) is 43.9 Å². The number of hydrogen-bond acceptors (Lipinski definition) is 4. The van der Waals surface area contributed by atoms with Gasteiger partial charge in [-0.05, 0) is 38.3 Å². The van der Waals surface area contributed by atoms with Crippen molar-refractivity contribution in [1.82, 2.24) is 9.88 Å². The van der Waals surface area contributed by atoms with E-state index < -0.39 is 0 Å². The molecule has 2 unspecified atom stereocenters. The third-order valence-corrected chi connectivity index (χ3v) is 5.80. The fourth-order valence-corrected chi connectivity index (χ4v) is 4.49. The van der Waals surface area contributed by atoms with E-state index in [4.69, 9.17) is 4.74 Å². The van der Waals surface area contributed by atoms with Gasteiger partial charge in [-0.2, -0.15) is 0 Å². The normalized spacial score (nSPS) is 27.4. The first-order valence-electron chi connectivity index (χ1n) is 7.69. The molecule has 3 nitrogen and oxygen atoms in total. The zero-order valence-corrected chi connectivity index (χ0v) is 14.3. The van der Waals surface area contributed by atoms with Crippen molar-refractivity contribution in [2.24, 2.45) is 0 Å². The zero-order chi connectivity index (χ0) is 14.2. The van der Waals surface area contributed by atoms with Crippen LogP contribution in [0.15, 0.2) is 36.5 Å². The Hall–Kier alpha value is -1.10. The highest BCUT2D eigenvalue weighted by Crippen LogP contribution is 2.37. The van der Waals surface area contributed by atoms with E-state index in [1.807, 2.05) is 12.3 Å². The van der Waals surface area contributed by atoms with E-state index in [9.17, 15) is 0 Å². The van der Waals surface area contributed by atoms with Gasteiger partial charge in [0.15, 0.2) is 0 Å². The molecule has 5 heteroatoms. The summed E-state index contributed by atoms with van der Waals surface area (Å²) in [6.45, 7) is 0. The second kappa shape index (κ2) is 6.57. The number of piperidine rings is 1. The number of ether oxygens (including phenoxy) is 1. The van der Waals surface area contributed by atoms with Gasteiger partial charge < -0.3 is 9.64 Å². The fraction of sp³-hybridized carbons (Fsp3) is 0.471. The molecule has 0 aliphatic carbocycles. The molecule has 0 saturated carbocycles. The van der Waals surface area contributed by atoms with Crippen LogP contribution in [0.25, 0.3) is 10.4 Å². The largest absolute Gasteiger partial charge is 0.467 e. The van der Waals surface area contributed by atoms with Crippen LogP contribution < -0.4 is 4.74 Å². The summed E-state index contributed by atoms with van der Waals surface area (Å²) >= 11 is 1.66. The molecule has 1 aromatic heterocycles. The van der Waals surface area contributed by atoms with E-state index in [1.165, 1.54) is 23.3 Å². The van der Waals surface area contributed by atoms with Crippen LogP contribution in [-0.4, -0.2) is 35.1 Å². The van der Waals surface area contributed by atoms with Crippen molar-refractivity contribution in [3.8, 4) is 15.6 Å². The monoisotopic (exact) mass is 336 g/mol. The van der Waals surface area contributed by atoms with E-state index in [0.29, 0.717) is 18.2 Å². The van der Waals surface area contributed by atoms with Gasteiger partial charge in [-0.25, -0.2) is 4.98 Å². The molecule has 2 bridgehead atoms. The molecule has 2 aliphatic heterocycles. The van der Waals surface area contributed by atoms with Crippen LogP contribution in [0.1, 0.15) is 25.7 Å². The molecule has 0 N–H and O–H groups in total. The predicted octanol–water partition coefficient (Wildman–Crippen LogP) is 4.24. The van der Waals surface area contributed by atoms with Crippen LogP contribution in [0.4, 0.5) is 0 Å². The Morgan fingerprint density at radius 3 is 2.50 bits per heavy atom. The van der Waals surface area contributed by atoms with Gasteiger partial charge in [0.2, 0.25) is 0 Å². The third kappa shape index (κ3) is 3.00. The summed E-state index contributed by atoms with van der Waals surface area (Å²) in [5, 5.41) is 0.822. The maximum atomic E-state index is 6.17. The Bertz CT molecular complexity index is 604. The van der Waals surface area contributed by atoms with Crippen molar-refractivity contribution in [3.63, 3.8) is 0 Å². The second-order valence-electron chi connectivity index (χ2n) is 6.12. The highest BCUT2D eigenvalue weighted by Gasteiger charge is 2.39. The van der Waals surface area contributed by atoms with Crippen LogP contribution in [0, 0.1) is 0 Å². The summed E-state index contributed by atoms with van der Waals surface area (Å²) in [5.41, 5.74) is 1.22. The smallest absolute Gasteiger partial charge is 0.273 e. The lowest BCUT2D eigenvalue weighted by Gasteiger charge is -2.35. The summed E-state index contributed by atoms with van der Waals surface area (Å²) in [5.74, 6) is 0. The zero-order valence-electron chi connectivity index (χ0n) is 12.6. The number of fused-ring (bicyclic) bond motifs is 2. The minimum atomic E-state index is 0. The molecule has 2 saturated heterocycles. The summed E-state index contributed by atoms with van der Waals surface area (Å²) in [6, 6.07) is 11.8. The van der Waals surface area contributed by atoms with Crippen LogP contribution in [0.5, 0.6) is 5.19 Å². The molecular formula is C17H21ClN2OS. The van der Waals surface area contributed by atoms with Crippen molar-refractivity contribution in [3.05, 3.63) is 36.5 Å². The molecule has 118 valence electrons. The highest BCUT2D eigenvalue weighted by atomic mass is 35.5. The topological polar surface area (TPSA) is 25.4 Å². The molecule has 4 rings (SSSR count). The average Bonchev–Trinajstić information content (AvgIpc) is 3.03. The quantitative estimate of drug-likeness (QED) is 0.838. The van der Waals surface area contributed by atoms with E-state index in [1.54, 1.807) is 11.3 Å². The van der Waals surface area contributed by atoms with Crippen LogP contribution in [0.2, 0.25) is 0 Å². The summed E-state index contributed by atoms with van der Waals surface area (Å²) in [4.78, 5) is 8.18. The van der Waals surface area contributed by atoms with Gasteiger partial charge in [-0.1, -0.05) is 41.7 Å². The van der Waals surface area contributed by atoms with Crippen LogP contribution in [-0.2, 0) is 0 Å². The lowest BCUT2D eigenvalue weighted by molar-refractivity contribution is 0.0660. The number of thiazole rings is 1. The fourth-order valence-electron chi connectivity index (χ4n) is 3.65. The van der Waals surface area contributed by atoms with Gasteiger partial charge >= 0.3 is 0 Å². The Balaban J connectivity index is 0.00000144. The van der Waals surface area contributed by atoms with E-state index >= 15 is 0 Å². The Labute approximate surface area is 141 Å². The summed E-state index contributed by atoms with van der Waals surface area (Å²) in [6.07, 6.45) is 7.22. The lowest BCUT2D eigenvalue weighted by atomic mass is 10.0. The molecule has 2 aromatic rings. The number of nitrogens with zero attached hydrogens (tertiary/aromatic N) is 2. The second-order valence-corrected chi connectivity index (χ2v) is 7.11. The van der Waals surface area contributed by atoms with Crippen LogP contribution >= 0.6 is 23.7 Å². The van der Waals surface area contributed by atoms with Gasteiger partial charge in [-0.15, -0.1) is 12.4 Å². The summed E-state index contributed by atoms with van der Waals surface area (Å²) in [7, 11) is 2.26. The third-order valence-electron chi connectivity index (χ3n) is 4.87. The minimum Gasteiger partial charge on any atom is -0.467 e. The lowest BCUT2D eigenvalue weighted by Crippen LogP contribution is -2.43. The van der Waals surface area contributed by atoms with Gasteiger partial charge in [0.1, 0.15) is 6.10 Å². The average molecular weight is 337 g/mol. The van der Waals surface area contributed by atoms with Gasteiger partial charge in [0.05, 0.1) is 4.88 Å². The summed E-state index contributed by atoms with van der Waals surface area (Å²) < 4.78 is 6.17. The number of hydrogen-bond donors (Lipinski definition) is 0. The van der Waals surface area contributed by atoms with Crippen molar-refractivity contribution < 1.29 is 4.74 Å². The van der Waals surface area contributed by atoms with E-state index in [2.05, 4.69) is 41.2 Å². The first kappa shape index (κ1) is 15.8. The molecule has 0 amide bonds. The standard InChI is InChI=1S/C17H20N2OS.ClH/c1-19-13-7-8-14(19)10-15(9-13)20-17-18-11-16(21-17)12-5-3-2-4-6-12;/h2-6,11,13-15H,7-10H2,1H3;1H. The number of benzene rings is 1. The van der Waals surface area contributed by atoms with Gasteiger partial charge in [0, 0.05) is 18.3 Å². The number of halogens is 1. The molecule has 0 spiro atoms. The molecular weight excluding hydrogens is 316 g/mol. The highest BCUT2D eigenvalue weighted by molar-refractivity contribution is 7.16. The SMILES string of the molecule is CN1C2CCC1CC(Oc1ncc(-c3ccccc3)s1)C2.Cl. The van der Waals surface area contributed by atoms with E-state index in [0.717, 1.165) is 18.0 Å². The predicted molar refractivity (Wildman–Crippen MR) is 93.0 cm³/mol. The molecule has 3 heterocycles. The Morgan fingerprint density at radius 1 is 1.14 bits per heavy atom. The molecule has 2 aliphatic rings.